The second-order valence-corrected chi connectivity index (χ2v) is 9.99. The van der Waals surface area contributed by atoms with Crippen LogP contribution < -0.4 is 4.74 Å². The summed E-state index contributed by atoms with van der Waals surface area (Å²) in [5.74, 6) is 0.438. The minimum Gasteiger partial charge on any atom is -0.497 e. The zero-order chi connectivity index (χ0) is 21.8. The van der Waals surface area contributed by atoms with Crippen LogP contribution in [0.4, 0.5) is 0 Å². The Labute approximate surface area is 182 Å². The highest BCUT2D eigenvalue weighted by molar-refractivity contribution is 7.91. The molecular weight excluding hydrogens is 412 g/mol. The van der Waals surface area contributed by atoms with Gasteiger partial charge in [-0.25, -0.2) is 8.42 Å². The van der Waals surface area contributed by atoms with Gasteiger partial charge in [-0.15, -0.1) is 0 Å². The van der Waals surface area contributed by atoms with Crippen LogP contribution in [0.1, 0.15) is 30.9 Å². The number of piperidine rings is 1. The number of fused-ring (bicyclic) bond motifs is 1. The molecule has 1 amide bonds. The van der Waals surface area contributed by atoms with Crippen molar-refractivity contribution < 1.29 is 17.9 Å². The second-order valence-electron chi connectivity index (χ2n) is 7.88. The Morgan fingerprint density at radius 2 is 1.87 bits per heavy atom. The van der Waals surface area contributed by atoms with E-state index < -0.39 is 9.84 Å². The van der Waals surface area contributed by atoms with Gasteiger partial charge in [0.15, 0.2) is 9.84 Å². The van der Waals surface area contributed by atoms with Crippen molar-refractivity contribution in [3.63, 3.8) is 0 Å². The summed E-state index contributed by atoms with van der Waals surface area (Å²) in [6.07, 6.45) is 3.72. The van der Waals surface area contributed by atoms with Crippen molar-refractivity contribution in [1.82, 2.24) is 9.88 Å². The lowest BCUT2D eigenvalue weighted by Gasteiger charge is -2.32. The molecule has 0 spiro atoms. The molecule has 4 rings (SSSR count). The minimum atomic E-state index is -3.52. The number of ether oxygens (including phenoxy) is 1. The van der Waals surface area contributed by atoms with Gasteiger partial charge < -0.3 is 9.64 Å². The molecule has 31 heavy (non-hydrogen) atoms. The maximum absolute atomic E-state index is 12.8. The van der Waals surface area contributed by atoms with Gasteiger partial charge in [-0.3, -0.25) is 9.78 Å². The van der Waals surface area contributed by atoms with Gasteiger partial charge in [0.1, 0.15) is 5.75 Å². The summed E-state index contributed by atoms with van der Waals surface area (Å²) in [6.45, 7) is 1.23. The molecule has 0 radical (unpaired) electrons. The van der Waals surface area contributed by atoms with Crippen LogP contribution in [0.3, 0.4) is 0 Å². The third kappa shape index (κ3) is 4.88. The molecule has 7 heteroatoms. The van der Waals surface area contributed by atoms with Crippen LogP contribution in [0.5, 0.6) is 5.75 Å². The Hall–Kier alpha value is -2.93. The highest BCUT2D eigenvalue weighted by Gasteiger charge is 2.27. The molecule has 1 fully saturated rings. The second kappa shape index (κ2) is 9.06. The van der Waals surface area contributed by atoms with Crippen LogP contribution in [0.25, 0.3) is 10.8 Å². The first kappa shape index (κ1) is 21.3. The molecule has 0 N–H and O–H groups in total. The third-order valence-electron chi connectivity index (χ3n) is 5.85. The number of pyridine rings is 1. The fourth-order valence-electron chi connectivity index (χ4n) is 4.05. The number of aromatic nitrogens is 1. The average molecular weight is 439 g/mol. The van der Waals surface area contributed by atoms with Crippen LogP contribution in [0, 0.1) is 0 Å². The average Bonchev–Trinajstić information content (AvgIpc) is 2.82. The van der Waals surface area contributed by atoms with E-state index in [0.29, 0.717) is 18.8 Å². The smallest absolute Gasteiger partial charge is 0.223 e. The van der Waals surface area contributed by atoms with E-state index in [9.17, 15) is 13.2 Å². The fraction of sp³-hybridized carbons (Fsp3) is 0.333. The number of hydrogen-bond acceptors (Lipinski definition) is 5. The number of hydrogen-bond donors (Lipinski definition) is 0. The molecule has 2 aromatic carbocycles. The lowest BCUT2D eigenvalue weighted by Crippen LogP contribution is -2.39. The van der Waals surface area contributed by atoms with Crippen LogP contribution >= 0.6 is 0 Å². The lowest BCUT2D eigenvalue weighted by molar-refractivity contribution is -0.132. The third-order valence-corrected chi connectivity index (χ3v) is 7.58. The van der Waals surface area contributed by atoms with Crippen molar-refractivity contribution in [2.75, 3.05) is 26.0 Å². The number of likely N-dealkylation sites (tertiary alicyclic amines) is 1. The summed E-state index contributed by atoms with van der Waals surface area (Å²) >= 11 is 0. The lowest BCUT2D eigenvalue weighted by atomic mass is 9.93. The predicted molar refractivity (Wildman–Crippen MR) is 120 cm³/mol. The van der Waals surface area contributed by atoms with E-state index in [1.54, 1.807) is 17.0 Å². The Morgan fingerprint density at radius 1 is 1.13 bits per heavy atom. The molecule has 6 nitrogen and oxygen atoms in total. The molecule has 1 unspecified atom stereocenters. The van der Waals surface area contributed by atoms with E-state index >= 15 is 0 Å². The van der Waals surface area contributed by atoms with E-state index in [1.807, 2.05) is 24.4 Å². The fourth-order valence-corrected chi connectivity index (χ4v) is 5.28. The first-order valence-corrected chi connectivity index (χ1v) is 12.1. The number of nitrogens with zero attached hydrogens (tertiary/aromatic N) is 2. The van der Waals surface area contributed by atoms with E-state index in [4.69, 9.17) is 4.74 Å². The quantitative estimate of drug-likeness (QED) is 0.585. The van der Waals surface area contributed by atoms with E-state index in [2.05, 4.69) is 17.1 Å². The minimum absolute atomic E-state index is 0.0216. The summed E-state index contributed by atoms with van der Waals surface area (Å²) in [5, 5.41) is 2.24. The molecule has 1 aliphatic heterocycles. The molecule has 0 saturated carbocycles. The van der Waals surface area contributed by atoms with E-state index in [0.717, 1.165) is 29.3 Å². The SMILES string of the molecule is COc1ccc(S(=O)(=O)CCC(=O)N2CCCC(c3cc4ccccc4cn3)C2)cc1. The van der Waals surface area contributed by atoms with Crippen LogP contribution in [0.15, 0.2) is 65.7 Å². The van der Waals surface area contributed by atoms with E-state index in [1.165, 1.54) is 19.2 Å². The zero-order valence-electron chi connectivity index (χ0n) is 17.5. The summed E-state index contributed by atoms with van der Waals surface area (Å²) in [6, 6.07) is 16.4. The Kier molecular flexibility index (Phi) is 6.23. The molecule has 1 aromatic heterocycles. The van der Waals surface area contributed by atoms with Crippen molar-refractivity contribution in [2.45, 2.75) is 30.1 Å². The molecule has 2 heterocycles. The molecule has 0 aliphatic carbocycles. The molecule has 1 saturated heterocycles. The van der Waals surface area contributed by atoms with Crippen molar-refractivity contribution in [1.29, 1.82) is 0 Å². The molecule has 1 atom stereocenters. The van der Waals surface area contributed by atoms with Crippen molar-refractivity contribution in [3.8, 4) is 5.75 Å². The summed E-state index contributed by atoms with van der Waals surface area (Å²) in [5.41, 5.74) is 0.988. The Balaban J connectivity index is 1.40. The Morgan fingerprint density at radius 3 is 2.61 bits per heavy atom. The van der Waals surface area contributed by atoms with Crippen molar-refractivity contribution in [2.24, 2.45) is 0 Å². The largest absolute Gasteiger partial charge is 0.497 e. The maximum atomic E-state index is 12.8. The van der Waals surface area contributed by atoms with Gasteiger partial charge in [-0.1, -0.05) is 24.3 Å². The summed E-state index contributed by atoms with van der Waals surface area (Å²) in [7, 11) is -2.00. The summed E-state index contributed by atoms with van der Waals surface area (Å²) in [4.78, 5) is 19.4. The molecule has 3 aromatic rings. The highest BCUT2D eigenvalue weighted by Crippen LogP contribution is 2.28. The number of rotatable bonds is 6. The summed E-state index contributed by atoms with van der Waals surface area (Å²) < 4.78 is 30.3. The molecule has 0 bridgehead atoms. The first-order valence-electron chi connectivity index (χ1n) is 10.5. The number of sulfone groups is 1. The number of carbonyl (C=O) groups excluding carboxylic acids is 1. The van der Waals surface area contributed by atoms with Gasteiger partial charge >= 0.3 is 0 Å². The van der Waals surface area contributed by atoms with Gasteiger partial charge in [0.25, 0.3) is 0 Å². The maximum Gasteiger partial charge on any atom is 0.223 e. The monoisotopic (exact) mass is 438 g/mol. The predicted octanol–water partition coefficient (Wildman–Crippen LogP) is 3.81. The van der Waals surface area contributed by atoms with Gasteiger partial charge in [-0.05, 0) is 48.6 Å². The van der Waals surface area contributed by atoms with E-state index in [-0.39, 0.29) is 28.9 Å². The van der Waals surface area contributed by atoms with Gasteiger partial charge in [0, 0.05) is 42.7 Å². The molecular formula is C24H26N2O4S. The number of benzene rings is 2. The van der Waals surface area contributed by atoms with Gasteiger partial charge in [0.2, 0.25) is 5.91 Å². The standard InChI is InChI=1S/C24H26N2O4S/c1-30-21-8-10-22(11-9-21)31(28,29)14-12-24(27)26-13-4-7-20(17-26)23-15-18-5-2-3-6-19(18)16-25-23/h2-3,5-6,8-11,15-16,20H,4,7,12-14,17H2,1H3. The zero-order valence-corrected chi connectivity index (χ0v) is 18.3. The number of carbonyl (C=O) groups is 1. The van der Waals surface area contributed by atoms with Crippen molar-refractivity contribution >= 4 is 26.5 Å². The Bertz CT molecular complexity index is 1180. The topological polar surface area (TPSA) is 76.6 Å². The van der Waals surface area contributed by atoms with Crippen LogP contribution in [-0.2, 0) is 14.6 Å². The number of methoxy groups -OCH3 is 1. The van der Waals surface area contributed by atoms with Crippen LogP contribution in [-0.4, -0.2) is 50.2 Å². The molecule has 1 aliphatic rings. The normalized spacial score (nSPS) is 16.9. The first-order chi connectivity index (χ1) is 15.0. The van der Waals surface area contributed by atoms with Crippen LogP contribution in [0.2, 0.25) is 0 Å². The van der Waals surface area contributed by atoms with Gasteiger partial charge in [0.05, 0.1) is 17.8 Å². The van der Waals surface area contributed by atoms with Gasteiger partial charge in [-0.2, -0.15) is 0 Å². The number of amides is 1. The highest BCUT2D eigenvalue weighted by atomic mass is 32.2. The van der Waals surface area contributed by atoms with Crippen molar-refractivity contribution in [3.05, 3.63) is 66.5 Å². The molecule has 162 valence electrons.